The van der Waals surface area contributed by atoms with Crippen molar-refractivity contribution >= 4 is 0 Å². The highest BCUT2D eigenvalue weighted by Crippen LogP contribution is 2.68. The van der Waals surface area contributed by atoms with Gasteiger partial charge >= 0.3 is 0 Å². The number of nitrogens with zero attached hydrogens (tertiary/aromatic N) is 1. The van der Waals surface area contributed by atoms with Crippen molar-refractivity contribution in [2.75, 3.05) is 20.6 Å². The molecule has 4 aliphatic rings. The van der Waals surface area contributed by atoms with E-state index in [1.165, 1.54) is 12.8 Å². The van der Waals surface area contributed by atoms with Gasteiger partial charge in [-0.3, -0.25) is 0 Å². The molecule has 11 unspecified atom stereocenters. The Morgan fingerprint density at radius 1 is 0.966 bits per heavy atom. The molecule has 4 heteroatoms. The molecule has 0 radical (unpaired) electrons. The van der Waals surface area contributed by atoms with Crippen LogP contribution in [0.25, 0.3) is 0 Å². The van der Waals surface area contributed by atoms with Crippen LogP contribution in [-0.4, -0.2) is 59.2 Å². The summed E-state index contributed by atoms with van der Waals surface area (Å²) in [6.45, 7) is 8.26. The first-order valence-corrected chi connectivity index (χ1v) is 12.3. The highest BCUT2D eigenvalue weighted by molar-refractivity contribution is 5.14. The molecule has 168 valence electrons. The minimum absolute atomic E-state index is 0.0642. The van der Waals surface area contributed by atoms with E-state index in [0.29, 0.717) is 35.5 Å². The van der Waals surface area contributed by atoms with E-state index >= 15 is 0 Å². The smallest absolute Gasteiger partial charge is 0.0602 e. The second-order valence-electron chi connectivity index (χ2n) is 12.1. The molecular formula is C25H45NO3. The molecule has 4 nitrogen and oxygen atoms in total. The molecule has 29 heavy (non-hydrogen) atoms. The van der Waals surface area contributed by atoms with Gasteiger partial charge in [0.05, 0.1) is 18.3 Å². The van der Waals surface area contributed by atoms with E-state index in [-0.39, 0.29) is 29.1 Å². The van der Waals surface area contributed by atoms with Crippen molar-refractivity contribution < 1.29 is 15.3 Å². The van der Waals surface area contributed by atoms with Gasteiger partial charge in [-0.15, -0.1) is 0 Å². The Morgan fingerprint density at radius 2 is 1.69 bits per heavy atom. The Balaban J connectivity index is 1.60. The molecule has 0 spiro atoms. The fourth-order valence-electron chi connectivity index (χ4n) is 8.79. The molecule has 4 fully saturated rings. The molecule has 0 saturated heterocycles. The van der Waals surface area contributed by atoms with Gasteiger partial charge in [-0.25, -0.2) is 0 Å². The first-order chi connectivity index (χ1) is 13.6. The van der Waals surface area contributed by atoms with Crippen LogP contribution in [0.15, 0.2) is 0 Å². The zero-order chi connectivity index (χ0) is 21.1. The van der Waals surface area contributed by atoms with Crippen molar-refractivity contribution in [2.24, 2.45) is 46.3 Å². The Kier molecular flexibility index (Phi) is 5.90. The van der Waals surface area contributed by atoms with E-state index in [0.717, 1.165) is 45.1 Å². The van der Waals surface area contributed by atoms with Crippen LogP contribution in [0.5, 0.6) is 0 Å². The molecule has 0 amide bonds. The van der Waals surface area contributed by atoms with Gasteiger partial charge in [0.1, 0.15) is 0 Å². The van der Waals surface area contributed by atoms with E-state index in [9.17, 15) is 15.3 Å². The fraction of sp³-hybridized carbons (Fsp3) is 1.00. The van der Waals surface area contributed by atoms with Crippen LogP contribution in [0.3, 0.4) is 0 Å². The van der Waals surface area contributed by atoms with Gasteiger partial charge in [-0.05, 0) is 118 Å². The van der Waals surface area contributed by atoms with Crippen molar-refractivity contribution in [1.82, 2.24) is 4.90 Å². The predicted octanol–water partition coefficient (Wildman–Crippen LogP) is 3.54. The number of hydrogen-bond donors (Lipinski definition) is 3. The van der Waals surface area contributed by atoms with Gasteiger partial charge in [0, 0.05) is 0 Å². The standard InChI is InChI=1S/C25H45NO3/c1-15(9-11-26(4)5)18-6-7-19-23-20(14-22(29)25(18,19)3)24(2)10-8-17(27)12-16(24)13-21(23)28/h15-23,27-29H,6-14H2,1-5H3. The Labute approximate surface area is 178 Å². The molecule has 0 aromatic carbocycles. The Bertz CT molecular complexity index is 597. The monoisotopic (exact) mass is 407 g/mol. The molecular weight excluding hydrogens is 362 g/mol. The largest absolute Gasteiger partial charge is 0.393 e. The number of aliphatic hydroxyl groups is 3. The molecule has 4 saturated carbocycles. The Morgan fingerprint density at radius 3 is 2.38 bits per heavy atom. The summed E-state index contributed by atoms with van der Waals surface area (Å²) < 4.78 is 0. The highest BCUT2D eigenvalue weighted by Gasteiger charge is 2.65. The van der Waals surface area contributed by atoms with Crippen molar-refractivity contribution in [3.05, 3.63) is 0 Å². The summed E-state index contributed by atoms with van der Waals surface area (Å²) in [6, 6.07) is 0. The van der Waals surface area contributed by atoms with Gasteiger partial charge in [0.15, 0.2) is 0 Å². The van der Waals surface area contributed by atoms with Gasteiger partial charge in [-0.2, -0.15) is 0 Å². The first-order valence-electron chi connectivity index (χ1n) is 12.3. The summed E-state index contributed by atoms with van der Waals surface area (Å²) in [6.07, 6.45) is 7.25. The molecule has 11 atom stereocenters. The normalized spacial score (nSPS) is 53.3. The number of hydrogen-bond acceptors (Lipinski definition) is 4. The van der Waals surface area contributed by atoms with Crippen molar-refractivity contribution in [1.29, 1.82) is 0 Å². The lowest BCUT2D eigenvalue weighted by Crippen LogP contribution is -2.62. The topological polar surface area (TPSA) is 63.9 Å². The number of rotatable bonds is 4. The molecule has 3 N–H and O–H groups in total. The quantitative estimate of drug-likeness (QED) is 0.667. The van der Waals surface area contributed by atoms with Gasteiger partial charge in [0.25, 0.3) is 0 Å². The third-order valence-electron chi connectivity index (χ3n) is 10.6. The van der Waals surface area contributed by atoms with E-state index in [2.05, 4.69) is 39.8 Å². The van der Waals surface area contributed by atoms with E-state index in [4.69, 9.17) is 0 Å². The summed E-state index contributed by atoms with van der Waals surface area (Å²) in [5.74, 6) is 2.71. The first kappa shape index (κ1) is 22.0. The predicted molar refractivity (Wildman–Crippen MR) is 116 cm³/mol. The maximum Gasteiger partial charge on any atom is 0.0602 e. The van der Waals surface area contributed by atoms with E-state index in [1.54, 1.807) is 0 Å². The lowest BCUT2D eigenvalue weighted by atomic mass is 9.43. The second kappa shape index (κ2) is 7.76. The third kappa shape index (κ3) is 3.41. The van der Waals surface area contributed by atoms with Crippen molar-refractivity contribution in [2.45, 2.75) is 90.4 Å². The summed E-state index contributed by atoms with van der Waals surface area (Å²) in [7, 11) is 4.28. The lowest BCUT2D eigenvalue weighted by molar-refractivity contribution is -0.207. The highest BCUT2D eigenvalue weighted by atomic mass is 16.3. The van der Waals surface area contributed by atoms with Crippen LogP contribution in [0.4, 0.5) is 0 Å². The average Bonchev–Trinajstić information content (AvgIpc) is 3.01. The third-order valence-corrected chi connectivity index (χ3v) is 10.6. The van der Waals surface area contributed by atoms with Gasteiger partial charge < -0.3 is 20.2 Å². The minimum Gasteiger partial charge on any atom is -0.393 e. The molecule has 4 rings (SSSR count). The molecule has 0 bridgehead atoms. The molecule has 0 aromatic heterocycles. The molecule has 0 aliphatic heterocycles. The minimum atomic E-state index is -0.268. The summed E-state index contributed by atoms with van der Waals surface area (Å²) in [5.41, 5.74) is 0.102. The summed E-state index contributed by atoms with van der Waals surface area (Å²) in [4.78, 5) is 2.27. The van der Waals surface area contributed by atoms with E-state index in [1.807, 2.05) is 0 Å². The summed E-state index contributed by atoms with van der Waals surface area (Å²) in [5, 5.41) is 33.1. The van der Waals surface area contributed by atoms with Crippen molar-refractivity contribution in [3.63, 3.8) is 0 Å². The van der Waals surface area contributed by atoms with Gasteiger partial charge in [-0.1, -0.05) is 20.8 Å². The number of fused-ring (bicyclic) bond motifs is 5. The maximum absolute atomic E-state index is 11.6. The second-order valence-corrected chi connectivity index (χ2v) is 12.1. The van der Waals surface area contributed by atoms with Crippen LogP contribution in [0.1, 0.15) is 72.1 Å². The van der Waals surface area contributed by atoms with Gasteiger partial charge in [0.2, 0.25) is 0 Å². The zero-order valence-electron chi connectivity index (χ0n) is 19.3. The Hall–Kier alpha value is -0.160. The molecule has 0 heterocycles. The molecule has 0 aromatic rings. The zero-order valence-corrected chi connectivity index (χ0v) is 19.3. The average molecular weight is 408 g/mol. The van der Waals surface area contributed by atoms with E-state index < -0.39 is 0 Å². The maximum atomic E-state index is 11.6. The van der Waals surface area contributed by atoms with Crippen LogP contribution < -0.4 is 0 Å². The number of aliphatic hydroxyl groups excluding tert-OH is 3. The SMILES string of the molecule is CC(CCN(C)C)C1CCC2C3C(O)CC4CC(O)CCC4(C)C3CC(O)C12C. The fourth-order valence-corrected chi connectivity index (χ4v) is 8.79. The molecule has 4 aliphatic carbocycles. The summed E-state index contributed by atoms with van der Waals surface area (Å²) >= 11 is 0. The van der Waals surface area contributed by atoms with Crippen LogP contribution in [-0.2, 0) is 0 Å². The van der Waals surface area contributed by atoms with Crippen molar-refractivity contribution in [3.8, 4) is 0 Å². The van der Waals surface area contributed by atoms with Crippen LogP contribution >= 0.6 is 0 Å². The van der Waals surface area contributed by atoms with Crippen LogP contribution in [0, 0.1) is 46.3 Å². The lowest BCUT2D eigenvalue weighted by Gasteiger charge is -2.63. The van der Waals surface area contributed by atoms with Crippen LogP contribution in [0.2, 0.25) is 0 Å².